The van der Waals surface area contributed by atoms with Gasteiger partial charge in [0.25, 0.3) is 0 Å². The van der Waals surface area contributed by atoms with Gasteiger partial charge in [-0.3, -0.25) is 0 Å². The number of hydrogen-bond acceptors (Lipinski definition) is 4. The maximum Gasteiger partial charge on any atom is 0.250 e. The second-order valence-corrected chi connectivity index (χ2v) is 9.68. The zero-order valence-corrected chi connectivity index (χ0v) is 14.3. The monoisotopic (exact) mass is 328 g/mol. The van der Waals surface area contributed by atoms with Crippen molar-refractivity contribution in [3.63, 3.8) is 0 Å². The lowest BCUT2D eigenvalue weighted by atomic mass is 9.93. The predicted octanol–water partition coefficient (Wildman–Crippen LogP) is 2.71. The highest BCUT2D eigenvalue weighted by Gasteiger charge is 2.45. The number of thiophene rings is 1. The molecule has 0 unspecified atom stereocenters. The third kappa shape index (κ3) is 3.67. The van der Waals surface area contributed by atoms with E-state index < -0.39 is 10.0 Å². The van der Waals surface area contributed by atoms with Gasteiger partial charge < -0.3 is 5.32 Å². The van der Waals surface area contributed by atoms with Crippen LogP contribution in [0.3, 0.4) is 0 Å². The fourth-order valence-corrected chi connectivity index (χ4v) is 4.96. The Labute approximate surface area is 131 Å². The van der Waals surface area contributed by atoms with Crippen LogP contribution in [0.25, 0.3) is 0 Å². The molecule has 1 aromatic rings. The first-order valence-corrected chi connectivity index (χ1v) is 10.1. The van der Waals surface area contributed by atoms with E-state index in [2.05, 4.69) is 23.9 Å². The van der Waals surface area contributed by atoms with Crippen molar-refractivity contribution in [2.24, 2.45) is 11.3 Å². The van der Waals surface area contributed by atoms with E-state index in [1.54, 1.807) is 6.07 Å². The van der Waals surface area contributed by atoms with Crippen molar-refractivity contribution in [2.75, 3.05) is 6.54 Å². The normalized spacial score (nSPS) is 20.9. The molecule has 2 N–H and O–H groups in total. The summed E-state index contributed by atoms with van der Waals surface area (Å²) < 4.78 is 28.0. The second kappa shape index (κ2) is 5.65. The molecule has 0 saturated heterocycles. The largest absolute Gasteiger partial charge is 0.310 e. The Morgan fingerprint density at radius 1 is 1.38 bits per heavy atom. The molecule has 2 fully saturated rings. The summed E-state index contributed by atoms with van der Waals surface area (Å²) in [7, 11) is -3.35. The van der Waals surface area contributed by atoms with E-state index in [1.807, 2.05) is 5.38 Å². The highest BCUT2D eigenvalue weighted by Crippen LogP contribution is 2.51. The summed E-state index contributed by atoms with van der Waals surface area (Å²) in [5.74, 6) is 0.529. The van der Waals surface area contributed by atoms with Crippen LogP contribution in [-0.4, -0.2) is 21.0 Å². The maximum absolute atomic E-state index is 12.4. The number of hydrogen-bond donors (Lipinski definition) is 2. The molecule has 2 saturated carbocycles. The summed E-state index contributed by atoms with van der Waals surface area (Å²) in [6.45, 7) is 5.69. The number of nitrogens with one attached hydrogen (secondary N) is 2. The molecule has 3 rings (SSSR count). The van der Waals surface area contributed by atoms with Gasteiger partial charge in [-0.2, -0.15) is 0 Å². The molecule has 6 heteroatoms. The Hall–Kier alpha value is -0.430. The summed E-state index contributed by atoms with van der Waals surface area (Å²) in [5, 5.41) is 5.35. The van der Waals surface area contributed by atoms with E-state index in [4.69, 9.17) is 0 Å². The van der Waals surface area contributed by atoms with Gasteiger partial charge in [-0.1, -0.05) is 13.8 Å². The standard InChI is InChI=1S/C15H24N2O2S2/c1-11(2)15(5-6-15)10-17-21(18,19)14-7-12(9-20-14)8-16-13-3-4-13/h7,9,11,13,16-17H,3-6,8,10H2,1-2H3. The molecule has 0 radical (unpaired) electrons. The maximum atomic E-state index is 12.4. The third-order valence-electron chi connectivity index (χ3n) is 4.80. The number of rotatable bonds is 8. The van der Waals surface area contributed by atoms with Crippen LogP contribution in [0.1, 0.15) is 45.1 Å². The van der Waals surface area contributed by atoms with E-state index in [1.165, 1.54) is 24.2 Å². The number of sulfonamides is 1. The molecule has 0 amide bonds. The van der Waals surface area contributed by atoms with Gasteiger partial charge in [0.1, 0.15) is 4.21 Å². The van der Waals surface area contributed by atoms with Crippen LogP contribution in [0.2, 0.25) is 0 Å². The Kier molecular flexibility index (Phi) is 4.16. The Morgan fingerprint density at radius 3 is 2.67 bits per heavy atom. The molecular formula is C15H24N2O2S2. The van der Waals surface area contributed by atoms with Crippen molar-refractivity contribution in [3.8, 4) is 0 Å². The zero-order valence-electron chi connectivity index (χ0n) is 12.7. The molecule has 0 spiro atoms. The van der Waals surface area contributed by atoms with Crippen LogP contribution < -0.4 is 10.0 Å². The average molecular weight is 329 g/mol. The molecule has 0 aliphatic heterocycles. The van der Waals surface area contributed by atoms with Crippen molar-refractivity contribution in [2.45, 2.75) is 56.3 Å². The van der Waals surface area contributed by atoms with Gasteiger partial charge in [0.15, 0.2) is 0 Å². The fraction of sp³-hybridized carbons (Fsp3) is 0.733. The van der Waals surface area contributed by atoms with E-state index in [0.29, 0.717) is 22.7 Å². The fourth-order valence-electron chi connectivity index (χ4n) is 2.57. The molecule has 21 heavy (non-hydrogen) atoms. The first-order chi connectivity index (χ1) is 9.91. The smallest absolute Gasteiger partial charge is 0.250 e. The van der Waals surface area contributed by atoms with Crippen molar-refractivity contribution in [3.05, 3.63) is 17.0 Å². The van der Waals surface area contributed by atoms with Crippen LogP contribution in [0.5, 0.6) is 0 Å². The molecular weight excluding hydrogens is 304 g/mol. The molecule has 1 aromatic heterocycles. The molecule has 0 atom stereocenters. The van der Waals surface area contributed by atoms with Crippen molar-refractivity contribution in [1.29, 1.82) is 0 Å². The van der Waals surface area contributed by atoms with Gasteiger partial charge in [-0.25, -0.2) is 13.1 Å². The molecule has 118 valence electrons. The highest BCUT2D eigenvalue weighted by atomic mass is 32.2. The molecule has 0 aromatic carbocycles. The van der Waals surface area contributed by atoms with Crippen LogP contribution in [0, 0.1) is 11.3 Å². The van der Waals surface area contributed by atoms with Crippen LogP contribution in [0.15, 0.2) is 15.7 Å². The van der Waals surface area contributed by atoms with Crippen molar-refractivity contribution < 1.29 is 8.42 Å². The third-order valence-corrected chi connectivity index (χ3v) is 7.69. The summed E-state index contributed by atoms with van der Waals surface area (Å²) in [6, 6.07) is 2.45. The minimum Gasteiger partial charge on any atom is -0.310 e. The average Bonchev–Trinajstić information content (AvgIpc) is 3.34. The Bertz CT molecular complexity index is 599. The predicted molar refractivity (Wildman–Crippen MR) is 85.9 cm³/mol. The summed E-state index contributed by atoms with van der Waals surface area (Å²) >= 11 is 1.32. The zero-order chi connectivity index (χ0) is 15.1. The Balaban J connectivity index is 1.58. The van der Waals surface area contributed by atoms with Gasteiger partial charge in [0.05, 0.1) is 0 Å². The molecule has 1 heterocycles. The van der Waals surface area contributed by atoms with Gasteiger partial charge >= 0.3 is 0 Å². The topological polar surface area (TPSA) is 58.2 Å². The van der Waals surface area contributed by atoms with Gasteiger partial charge in [0, 0.05) is 19.1 Å². The summed E-state index contributed by atoms with van der Waals surface area (Å²) in [4.78, 5) is 0. The lowest BCUT2D eigenvalue weighted by Crippen LogP contribution is -2.32. The van der Waals surface area contributed by atoms with Gasteiger partial charge in [-0.15, -0.1) is 11.3 Å². The quantitative estimate of drug-likeness (QED) is 0.771. The highest BCUT2D eigenvalue weighted by molar-refractivity contribution is 7.91. The van der Waals surface area contributed by atoms with E-state index in [-0.39, 0.29) is 5.41 Å². The van der Waals surface area contributed by atoms with Gasteiger partial charge in [-0.05, 0) is 54.0 Å². The SMILES string of the molecule is CC(C)C1(CNS(=O)(=O)c2cc(CNC3CC3)cs2)CC1. The van der Waals surface area contributed by atoms with Crippen LogP contribution >= 0.6 is 11.3 Å². The first kappa shape index (κ1) is 15.5. The molecule has 4 nitrogen and oxygen atoms in total. The first-order valence-electron chi connectivity index (χ1n) is 7.72. The molecule has 2 aliphatic carbocycles. The minimum atomic E-state index is -3.35. The van der Waals surface area contributed by atoms with Crippen molar-refractivity contribution in [1.82, 2.24) is 10.0 Å². The summed E-state index contributed by atoms with van der Waals surface area (Å²) in [6.07, 6.45) is 4.75. The molecule has 2 aliphatic rings. The second-order valence-electron chi connectivity index (χ2n) is 6.77. The summed E-state index contributed by atoms with van der Waals surface area (Å²) in [5.41, 5.74) is 1.26. The van der Waals surface area contributed by atoms with E-state index >= 15 is 0 Å². The minimum absolute atomic E-state index is 0.195. The van der Waals surface area contributed by atoms with E-state index in [9.17, 15) is 8.42 Å². The lowest BCUT2D eigenvalue weighted by Gasteiger charge is -2.19. The Morgan fingerprint density at radius 2 is 2.10 bits per heavy atom. The van der Waals surface area contributed by atoms with Crippen LogP contribution in [0.4, 0.5) is 0 Å². The molecule has 0 bridgehead atoms. The van der Waals surface area contributed by atoms with Gasteiger partial charge in [0.2, 0.25) is 10.0 Å². The van der Waals surface area contributed by atoms with Crippen molar-refractivity contribution >= 4 is 21.4 Å². The lowest BCUT2D eigenvalue weighted by molar-refractivity contribution is 0.357. The van der Waals surface area contributed by atoms with E-state index in [0.717, 1.165) is 24.9 Å². The van der Waals surface area contributed by atoms with Crippen LogP contribution in [-0.2, 0) is 16.6 Å².